The van der Waals surface area contributed by atoms with E-state index in [0.717, 1.165) is 16.0 Å². The van der Waals surface area contributed by atoms with Gasteiger partial charge in [-0.25, -0.2) is 4.68 Å². The highest BCUT2D eigenvalue weighted by molar-refractivity contribution is 5.82. The van der Waals surface area contributed by atoms with Crippen molar-refractivity contribution in [1.29, 1.82) is 0 Å². The van der Waals surface area contributed by atoms with Gasteiger partial charge in [0.15, 0.2) is 5.52 Å². The van der Waals surface area contributed by atoms with E-state index in [9.17, 15) is 9.59 Å². The number of nitrogens with zero attached hydrogens (tertiary/aromatic N) is 3. The summed E-state index contributed by atoms with van der Waals surface area (Å²) in [6.07, 6.45) is 0. The molecule has 1 N–H and O–H groups in total. The molecule has 0 radical (unpaired) electrons. The van der Waals surface area contributed by atoms with Crippen molar-refractivity contribution in [2.24, 2.45) is 0 Å². The summed E-state index contributed by atoms with van der Waals surface area (Å²) < 4.78 is 11.2. The fourth-order valence-corrected chi connectivity index (χ4v) is 2.59. The summed E-state index contributed by atoms with van der Waals surface area (Å²) in [4.78, 5) is 24.5. The van der Waals surface area contributed by atoms with Crippen LogP contribution in [0, 0.1) is 13.8 Å². The van der Waals surface area contributed by atoms with E-state index in [1.807, 2.05) is 24.3 Å². The average Bonchev–Trinajstić information content (AvgIpc) is 3.00. The van der Waals surface area contributed by atoms with E-state index in [-0.39, 0.29) is 18.0 Å². The Morgan fingerprint density at radius 1 is 1.28 bits per heavy atom. The number of fused-ring (bicyclic) bond motifs is 1. The first-order chi connectivity index (χ1) is 12.0. The van der Waals surface area contributed by atoms with Crippen molar-refractivity contribution in [2.75, 3.05) is 7.11 Å². The second kappa shape index (κ2) is 6.76. The maximum absolute atomic E-state index is 12.4. The van der Waals surface area contributed by atoms with Gasteiger partial charge >= 0.3 is 0 Å². The lowest BCUT2D eigenvalue weighted by molar-refractivity contribution is -0.122. The Hall–Kier alpha value is -3.16. The molecule has 0 unspecified atom stereocenters. The van der Waals surface area contributed by atoms with Crippen LogP contribution in [-0.4, -0.2) is 28.0 Å². The van der Waals surface area contributed by atoms with Crippen molar-refractivity contribution >= 4 is 16.8 Å². The minimum absolute atomic E-state index is 0.183. The minimum Gasteiger partial charge on any atom is -0.497 e. The largest absolute Gasteiger partial charge is 0.497 e. The molecule has 2 heterocycles. The molecule has 3 aromatic rings. The van der Waals surface area contributed by atoms with Crippen molar-refractivity contribution in [3.63, 3.8) is 0 Å². The van der Waals surface area contributed by atoms with Gasteiger partial charge in [0.1, 0.15) is 18.1 Å². The Morgan fingerprint density at radius 2 is 2.00 bits per heavy atom. The van der Waals surface area contributed by atoms with Gasteiger partial charge in [0.2, 0.25) is 5.91 Å². The summed E-state index contributed by atoms with van der Waals surface area (Å²) >= 11 is 0. The van der Waals surface area contributed by atoms with Crippen molar-refractivity contribution in [1.82, 2.24) is 20.3 Å². The highest BCUT2D eigenvalue weighted by Crippen LogP contribution is 2.16. The van der Waals surface area contributed by atoms with E-state index in [4.69, 9.17) is 9.26 Å². The predicted octanol–water partition coefficient (Wildman–Crippen LogP) is 1.33. The van der Waals surface area contributed by atoms with Crippen molar-refractivity contribution in [3.05, 3.63) is 51.6 Å². The molecular formula is C17H18N4O4. The van der Waals surface area contributed by atoms with Gasteiger partial charge in [0.05, 0.1) is 18.2 Å². The van der Waals surface area contributed by atoms with Gasteiger partial charge in [-0.2, -0.15) is 5.10 Å². The molecule has 0 spiro atoms. The average molecular weight is 342 g/mol. The lowest BCUT2D eigenvalue weighted by atomic mass is 10.2. The van der Waals surface area contributed by atoms with Crippen LogP contribution in [0.25, 0.3) is 10.9 Å². The van der Waals surface area contributed by atoms with Crippen LogP contribution in [0.2, 0.25) is 0 Å². The lowest BCUT2D eigenvalue weighted by Crippen LogP contribution is -2.33. The summed E-state index contributed by atoms with van der Waals surface area (Å²) in [6, 6.07) is 7.35. The van der Waals surface area contributed by atoms with Crippen LogP contribution < -0.4 is 15.6 Å². The van der Waals surface area contributed by atoms with Gasteiger partial charge < -0.3 is 14.6 Å². The fraction of sp³-hybridized carbons (Fsp3) is 0.294. The summed E-state index contributed by atoms with van der Waals surface area (Å²) in [5.41, 5.74) is 1.26. The number of nitrogens with one attached hydrogen (secondary N) is 1. The van der Waals surface area contributed by atoms with Gasteiger partial charge in [-0.3, -0.25) is 9.59 Å². The van der Waals surface area contributed by atoms with E-state index in [1.165, 1.54) is 0 Å². The molecule has 8 nitrogen and oxygen atoms in total. The van der Waals surface area contributed by atoms with Crippen LogP contribution in [0.1, 0.15) is 17.0 Å². The number of rotatable bonds is 5. The van der Waals surface area contributed by atoms with E-state index in [0.29, 0.717) is 23.4 Å². The summed E-state index contributed by atoms with van der Waals surface area (Å²) in [6.45, 7) is 3.63. The third-order valence-corrected chi connectivity index (χ3v) is 3.87. The first-order valence-electron chi connectivity index (χ1n) is 7.73. The number of carbonyl (C=O) groups is 1. The normalized spacial score (nSPS) is 10.8. The Balaban J connectivity index is 1.71. The zero-order chi connectivity index (χ0) is 18.0. The molecule has 25 heavy (non-hydrogen) atoms. The SMILES string of the molecule is COc1ccc(CNC(=O)Cn2nc(C)c3c(C)onc3c2=O)cc1. The second-order valence-electron chi connectivity index (χ2n) is 5.64. The molecule has 3 rings (SSSR count). The van der Waals surface area contributed by atoms with E-state index in [1.54, 1.807) is 21.0 Å². The quantitative estimate of drug-likeness (QED) is 0.751. The molecule has 0 saturated carbocycles. The van der Waals surface area contributed by atoms with Gasteiger partial charge in [-0.05, 0) is 31.5 Å². The second-order valence-corrected chi connectivity index (χ2v) is 5.64. The van der Waals surface area contributed by atoms with E-state index in [2.05, 4.69) is 15.6 Å². The number of aromatic nitrogens is 3. The Morgan fingerprint density at radius 3 is 2.68 bits per heavy atom. The Labute approximate surface area is 143 Å². The molecule has 0 atom stereocenters. The summed E-state index contributed by atoms with van der Waals surface area (Å²) in [7, 11) is 1.59. The van der Waals surface area contributed by atoms with Crippen LogP contribution in [0.15, 0.2) is 33.6 Å². The Kier molecular flexibility index (Phi) is 4.51. The van der Waals surface area contributed by atoms with Crippen LogP contribution in [0.5, 0.6) is 5.75 Å². The molecule has 8 heteroatoms. The summed E-state index contributed by atoms with van der Waals surface area (Å²) in [5.74, 6) is 0.968. The molecular weight excluding hydrogens is 324 g/mol. The zero-order valence-corrected chi connectivity index (χ0v) is 14.2. The molecule has 2 aromatic heterocycles. The van der Waals surface area contributed by atoms with Crippen LogP contribution in [0.4, 0.5) is 0 Å². The monoisotopic (exact) mass is 342 g/mol. The highest BCUT2D eigenvalue weighted by Gasteiger charge is 2.16. The highest BCUT2D eigenvalue weighted by atomic mass is 16.5. The molecule has 1 aromatic carbocycles. The van der Waals surface area contributed by atoms with Crippen molar-refractivity contribution in [2.45, 2.75) is 26.9 Å². The molecule has 0 fully saturated rings. The molecule has 0 aliphatic rings. The number of hydrogen-bond donors (Lipinski definition) is 1. The first kappa shape index (κ1) is 16.7. The smallest absolute Gasteiger partial charge is 0.297 e. The van der Waals surface area contributed by atoms with Crippen LogP contribution >= 0.6 is 0 Å². The fourth-order valence-electron chi connectivity index (χ4n) is 2.59. The molecule has 0 bridgehead atoms. The molecule has 0 aliphatic heterocycles. The molecule has 130 valence electrons. The molecule has 1 amide bonds. The number of hydrogen-bond acceptors (Lipinski definition) is 6. The minimum atomic E-state index is -0.447. The van der Waals surface area contributed by atoms with Crippen LogP contribution in [0.3, 0.4) is 0 Å². The predicted molar refractivity (Wildman–Crippen MR) is 90.4 cm³/mol. The van der Waals surface area contributed by atoms with Gasteiger partial charge in [-0.1, -0.05) is 17.3 Å². The number of carbonyl (C=O) groups excluding carboxylic acids is 1. The van der Waals surface area contributed by atoms with Gasteiger partial charge in [0, 0.05) is 6.54 Å². The van der Waals surface area contributed by atoms with E-state index >= 15 is 0 Å². The third-order valence-electron chi connectivity index (χ3n) is 3.87. The number of benzene rings is 1. The maximum atomic E-state index is 12.4. The number of amides is 1. The number of ether oxygens (including phenoxy) is 1. The Bertz CT molecular complexity index is 973. The topological polar surface area (TPSA) is 99.2 Å². The lowest BCUT2D eigenvalue weighted by Gasteiger charge is -2.08. The number of aryl methyl sites for hydroxylation is 2. The van der Waals surface area contributed by atoms with Crippen molar-refractivity contribution in [3.8, 4) is 5.75 Å². The summed E-state index contributed by atoms with van der Waals surface area (Å²) in [5, 5.41) is 11.3. The first-order valence-corrected chi connectivity index (χ1v) is 7.73. The van der Waals surface area contributed by atoms with E-state index < -0.39 is 5.56 Å². The molecule has 0 saturated heterocycles. The third kappa shape index (κ3) is 3.37. The molecule has 0 aliphatic carbocycles. The maximum Gasteiger partial charge on any atom is 0.297 e. The van der Waals surface area contributed by atoms with Gasteiger partial charge in [-0.15, -0.1) is 0 Å². The van der Waals surface area contributed by atoms with Crippen molar-refractivity contribution < 1.29 is 14.1 Å². The standard InChI is InChI=1S/C17H18N4O4/c1-10-15-11(2)25-20-16(15)17(23)21(19-10)9-14(22)18-8-12-4-6-13(24-3)7-5-12/h4-7H,8-9H2,1-3H3,(H,18,22). The number of methoxy groups -OCH3 is 1. The van der Waals surface area contributed by atoms with Gasteiger partial charge in [0.25, 0.3) is 5.56 Å². The zero-order valence-electron chi connectivity index (χ0n) is 14.2. The van der Waals surface area contributed by atoms with Crippen LogP contribution in [-0.2, 0) is 17.9 Å².